The number of alkyl halides is 8. The summed E-state index contributed by atoms with van der Waals surface area (Å²) in [6, 6.07) is 64.9. The Morgan fingerprint density at radius 2 is 0.512 bits per heavy atom. The first-order valence-electron chi connectivity index (χ1n) is 27.3. The number of hydrogen-bond acceptors (Lipinski definition) is 10. The summed E-state index contributed by atoms with van der Waals surface area (Å²) in [7, 11) is 0. The zero-order chi connectivity index (χ0) is 60.4. The van der Waals surface area contributed by atoms with Gasteiger partial charge in [0.1, 0.15) is 24.4 Å². The van der Waals surface area contributed by atoms with E-state index in [4.69, 9.17) is 18.9 Å². The van der Waals surface area contributed by atoms with Crippen LogP contribution in [0.15, 0.2) is 218 Å². The Kier molecular flexibility index (Phi) is 18.5. The van der Waals surface area contributed by atoms with E-state index < -0.39 is 74.0 Å². The van der Waals surface area contributed by atoms with Gasteiger partial charge in [0.15, 0.2) is 0 Å². The molecule has 86 heavy (non-hydrogen) atoms. The highest BCUT2D eigenvalue weighted by molar-refractivity contribution is 5.85. The van der Waals surface area contributed by atoms with Crippen molar-refractivity contribution >= 4 is 69.1 Å². The van der Waals surface area contributed by atoms with Gasteiger partial charge in [-0.15, -0.1) is 0 Å². The molecule has 0 aliphatic heterocycles. The third-order valence-electron chi connectivity index (χ3n) is 14.6. The van der Waals surface area contributed by atoms with Crippen LogP contribution in [0.4, 0.5) is 69.2 Å². The fourth-order valence-corrected chi connectivity index (χ4v) is 10.5. The van der Waals surface area contributed by atoms with Gasteiger partial charge in [-0.1, -0.05) is 133 Å². The van der Waals surface area contributed by atoms with Crippen molar-refractivity contribution in [1.29, 1.82) is 0 Å². The number of hydrogen-bond donors (Lipinski definition) is 0. The minimum atomic E-state index is -3.41. The number of nitrogens with zero attached hydrogens (tertiary/aromatic N) is 2. The number of carbonyl (C=O) groups excluding carboxylic acids is 4. The van der Waals surface area contributed by atoms with E-state index in [1.165, 1.54) is 12.2 Å². The predicted molar refractivity (Wildman–Crippen MR) is 310 cm³/mol. The third-order valence-corrected chi connectivity index (χ3v) is 14.6. The van der Waals surface area contributed by atoms with Crippen LogP contribution in [0.1, 0.15) is 36.8 Å². The summed E-state index contributed by atoms with van der Waals surface area (Å²) in [4.78, 5) is 51.9. The molecule has 0 saturated heterocycles. The van der Waals surface area contributed by atoms with Gasteiger partial charge < -0.3 is 28.7 Å². The first-order chi connectivity index (χ1) is 41.6. The molecule has 0 heterocycles. The molecule has 0 spiro atoms. The maximum Gasteiger partial charge on any atom is 0.374 e. The Morgan fingerprint density at radius 3 is 0.756 bits per heavy atom. The Morgan fingerprint density at radius 1 is 0.291 bits per heavy atom. The first-order valence-corrected chi connectivity index (χ1v) is 27.3. The van der Waals surface area contributed by atoms with Crippen LogP contribution in [0.5, 0.6) is 0 Å². The zero-order valence-electron chi connectivity index (χ0n) is 45.4. The van der Waals surface area contributed by atoms with Crippen molar-refractivity contribution < 1.29 is 73.2 Å². The summed E-state index contributed by atoms with van der Waals surface area (Å²) in [5.41, 5.74) is 11.2. The lowest BCUT2D eigenvalue weighted by Gasteiger charge is -2.30. The minimum absolute atomic E-state index is 0.0486. The number of ether oxygens (including phenoxy) is 4. The van der Waals surface area contributed by atoms with Crippen molar-refractivity contribution in [3.8, 4) is 33.4 Å². The number of rotatable bonds is 19. The van der Waals surface area contributed by atoms with Crippen LogP contribution < -0.4 is 9.80 Å². The van der Waals surface area contributed by atoms with Gasteiger partial charge in [-0.05, 0) is 166 Å². The van der Waals surface area contributed by atoms with E-state index in [-0.39, 0.29) is 36.8 Å². The molecule has 2 aliphatic carbocycles. The highest BCUT2D eigenvalue weighted by Crippen LogP contribution is 2.42. The Balaban J connectivity index is 0.965. The fraction of sp³-hybridized carbons (Fsp3) is 0.176. The SMILES string of the molecule is O=C(OC1C=C(c2ccc(N(c3ccc(-c4ccccc4)cc3)c3ccc(-c4ccc(N(c5ccc(C6=CC(OC(=O)C(F)F)CCC6OC(=O)C(F)F)cc5)c5ccc(-c6ccccc6)cc5)cc4)cc3)cc2)C(OC(=O)C(F)F)CC1)C(F)F. The van der Waals surface area contributed by atoms with Crippen LogP contribution in [0.2, 0.25) is 0 Å². The molecular formula is C68H52F8N2O8. The molecule has 8 aromatic carbocycles. The van der Waals surface area contributed by atoms with Crippen LogP contribution in [0, 0.1) is 0 Å². The van der Waals surface area contributed by atoms with Crippen LogP contribution in [0.25, 0.3) is 44.5 Å². The van der Waals surface area contributed by atoms with Crippen LogP contribution >= 0.6 is 0 Å². The highest BCUT2D eigenvalue weighted by Gasteiger charge is 2.35. The number of benzene rings is 8. The quantitative estimate of drug-likeness (QED) is 0.0441. The number of halogens is 8. The number of anilines is 6. The van der Waals surface area contributed by atoms with Crippen LogP contribution in [-0.2, 0) is 38.1 Å². The molecule has 10 nitrogen and oxygen atoms in total. The van der Waals surface area contributed by atoms with Gasteiger partial charge >= 0.3 is 49.6 Å². The van der Waals surface area contributed by atoms with Crippen molar-refractivity contribution in [1.82, 2.24) is 0 Å². The summed E-state index contributed by atoms with van der Waals surface area (Å²) >= 11 is 0. The molecule has 438 valence electrons. The van der Waals surface area contributed by atoms with Gasteiger partial charge in [-0.2, -0.15) is 35.1 Å². The maximum absolute atomic E-state index is 13.4. The van der Waals surface area contributed by atoms with E-state index in [0.717, 1.165) is 56.1 Å². The van der Waals surface area contributed by atoms with Crippen molar-refractivity contribution in [2.75, 3.05) is 9.80 Å². The lowest BCUT2D eigenvalue weighted by atomic mass is 9.89. The normalized spacial score (nSPS) is 16.7. The molecule has 8 aromatic rings. The third kappa shape index (κ3) is 14.0. The van der Waals surface area contributed by atoms with Gasteiger partial charge in [0, 0.05) is 34.1 Å². The molecule has 0 saturated carbocycles. The van der Waals surface area contributed by atoms with Crippen molar-refractivity contribution in [3.63, 3.8) is 0 Å². The van der Waals surface area contributed by atoms with E-state index in [9.17, 15) is 54.3 Å². The average molecular weight is 1180 g/mol. The predicted octanol–water partition coefficient (Wildman–Crippen LogP) is 16.7. The Labute approximate surface area is 489 Å². The second-order valence-corrected chi connectivity index (χ2v) is 20.1. The average Bonchev–Trinajstić information content (AvgIpc) is 2.06. The maximum atomic E-state index is 13.4. The molecule has 4 atom stereocenters. The lowest BCUT2D eigenvalue weighted by molar-refractivity contribution is -0.163. The van der Waals surface area contributed by atoms with Gasteiger partial charge in [0.2, 0.25) is 0 Å². The number of esters is 4. The molecule has 4 unspecified atom stereocenters. The molecule has 0 fully saturated rings. The summed E-state index contributed by atoms with van der Waals surface area (Å²) in [6.07, 6.45) is -15.8. The molecule has 0 amide bonds. The molecular weight excluding hydrogens is 1120 g/mol. The Hall–Kier alpha value is -9.84. The van der Waals surface area contributed by atoms with Gasteiger partial charge in [-0.25, -0.2) is 19.2 Å². The second kappa shape index (κ2) is 26.8. The fourth-order valence-electron chi connectivity index (χ4n) is 10.5. The van der Waals surface area contributed by atoms with E-state index >= 15 is 0 Å². The summed E-state index contributed by atoms with van der Waals surface area (Å²) in [5, 5.41) is 0. The largest absolute Gasteiger partial charge is 0.454 e. The van der Waals surface area contributed by atoms with E-state index in [1.54, 1.807) is 48.5 Å². The van der Waals surface area contributed by atoms with Gasteiger partial charge in [0.25, 0.3) is 0 Å². The molecule has 0 N–H and O–H groups in total. The minimum Gasteiger partial charge on any atom is -0.454 e. The van der Waals surface area contributed by atoms with E-state index in [0.29, 0.717) is 22.5 Å². The smallest absolute Gasteiger partial charge is 0.374 e. The molecule has 2 aliphatic rings. The van der Waals surface area contributed by atoms with Gasteiger partial charge in [-0.3, -0.25) is 0 Å². The zero-order valence-corrected chi connectivity index (χ0v) is 45.4. The monoisotopic (exact) mass is 1180 g/mol. The van der Waals surface area contributed by atoms with Crippen molar-refractivity contribution in [3.05, 3.63) is 230 Å². The molecule has 0 radical (unpaired) electrons. The van der Waals surface area contributed by atoms with Crippen molar-refractivity contribution in [2.24, 2.45) is 0 Å². The molecule has 0 bridgehead atoms. The standard InChI is InChI=1S/C68H52F8N2O8/c69-61(70)65(79)83-55-35-37-59(85-67(81)63(73)74)57(39-55)47-19-31-53(32-20-47)77(49-23-11-43(12-24-49)41-7-3-1-4-8-41)51-27-15-45(16-28-51)46-17-29-52(30-18-46)78(50-25-13-44(14-26-50)42-9-5-2-6-10-42)54-33-21-48(22-34-54)58-40-56(84-66(80)62(71)72)36-38-60(58)86-68(82)64(75)76/h1-34,39-40,55-56,59-64H,35-38H2. The highest BCUT2D eigenvalue weighted by atomic mass is 19.3. The van der Waals surface area contributed by atoms with Crippen LogP contribution in [0.3, 0.4) is 0 Å². The summed E-state index contributed by atoms with van der Waals surface area (Å²) in [6.45, 7) is 0. The molecule has 10 rings (SSSR count). The first kappa shape index (κ1) is 59.3. The number of carbonyl (C=O) groups is 4. The summed E-state index contributed by atoms with van der Waals surface area (Å²) < 4.78 is 127. The van der Waals surface area contributed by atoms with Gasteiger partial charge in [0.05, 0.1) is 0 Å². The Bertz CT molecular complexity index is 3460. The van der Waals surface area contributed by atoms with E-state index in [1.807, 2.05) is 168 Å². The van der Waals surface area contributed by atoms with E-state index in [2.05, 4.69) is 0 Å². The topological polar surface area (TPSA) is 112 Å². The van der Waals surface area contributed by atoms with Crippen molar-refractivity contribution in [2.45, 2.75) is 75.8 Å². The molecule has 0 aromatic heterocycles. The van der Waals surface area contributed by atoms with Crippen LogP contribution in [-0.4, -0.2) is 74.0 Å². The lowest BCUT2D eigenvalue weighted by Crippen LogP contribution is -2.31. The summed E-state index contributed by atoms with van der Waals surface area (Å²) in [5.74, 6) is -6.99. The second-order valence-electron chi connectivity index (χ2n) is 20.1. The molecule has 18 heteroatoms.